The van der Waals surface area contributed by atoms with Crippen molar-refractivity contribution < 1.29 is 13.9 Å². The van der Waals surface area contributed by atoms with Gasteiger partial charge in [0.25, 0.3) is 0 Å². The van der Waals surface area contributed by atoms with E-state index in [1.807, 2.05) is 0 Å². The summed E-state index contributed by atoms with van der Waals surface area (Å²) in [7, 11) is 1.39. The highest BCUT2D eigenvalue weighted by Gasteiger charge is 2.26. The van der Waals surface area contributed by atoms with Crippen LogP contribution in [0.2, 0.25) is 0 Å². The van der Waals surface area contributed by atoms with E-state index in [1.54, 1.807) is 40.4 Å². The maximum atomic E-state index is 14.0. The zero-order valence-electron chi connectivity index (χ0n) is 17.4. The molecule has 0 fully saturated rings. The number of esters is 1. The second kappa shape index (κ2) is 10.1. The summed E-state index contributed by atoms with van der Waals surface area (Å²) >= 11 is 10.5. The molecule has 4 rings (SSSR count). The standard InChI is InChI=1S/C22H22BrFN4O2S2/c1-30-21(29)18-14-8-3-2-4-10-17(14)32-20(18)26-22(31)25-19-15(23)12-28(27-19)11-13-7-5-6-9-16(13)24/h5-7,9,12H,2-4,8,10-11H2,1H3,(H2,25,26,27,31). The van der Waals surface area contributed by atoms with Crippen LogP contribution in [0.3, 0.4) is 0 Å². The molecule has 0 unspecified atom stereocenters. The number of methoxy groups -OCH3 is 1. The lowest BCUT2D eigenvalue weighted by Crippen LogP contribution is -2.21. The highest BCUT2D eigenvalue weighted by atomic mass is 79.9. The maximum Gasteiger partial charge on any atom is 0.341 e. The quantitative estimate of drug-likeness (QED) is 0.245. The van der Waals surface area contributed by atoms with Gasteiger partial charge in [0.1, 0.15) is 10.8 Å². The van der Waals surface area contributed by atoms with Crippen molar-refractivity contribution in [3.63, 3.8) is 0 Å². The number of thiocarbonyl (C=S) groups is 1. The van der Waals surface area contributed by atoms with E-state index >= 15 is 0 Å². The first-order valence-electron chi connectivity index (χ1n) is 10.2. The molecule has 2 aromatic heterocycles. The van der Waals surface area contributed by atoms with Crippen molar-refractivity contribution >= 4 is 61.4 Å². The maximum absolute atomic E-state index is 14.0. The van der Waals surface area contributed by atoms with Crippen LogP contribution in [0.25, 0.3) is 0 Å². The van der Waals surface area contributed by atoms with E-state index < -0.39 is 0 Å². The molecule has 0 spiro atoms. The Balaban J connectivity index is 1.50. The van der Waals surface area contributed by atoms with E-state index in [4.69, 9.17) is 17.0 Å². The van der Waals surface area contributed by atoms with Crippen molar-refractivity contribution in [2.45, 2.75) is 38.6 Å². The number of aromatic nitrogens is 2. The number of aryl methyl sites for hydroxylation is 1. The van der Waals surface area contributed by atoms with Crippen LogP contribution >= 0.6 is 39.5 Å². The van der Waals surface area contributed by atoms with Gasteiger partial charge in [-0.25, -0.2) is 9.18 Å². The Bertz CT molecular complexity index is 1160. The summed E-state index contributed by atoms with van der Waals surface area (Å²) in [6.07, 6.45) is 6.91. The van der Waals surface area contributed by atoms with Gasteiger partial charge in [-0.2, -0.15) is 5.10 Å². The Hall–Kier alpha value is -2.30. The van der Waals surface area contributed by atoms with Gasteiger partial charge in [-0.05, 0) is 65.5 Å². The molecule has 0 amide bonds. The SMILES string of the molecule is COC(=O)c1c(NC(=S)Nc2nn(Cc3ccccc3F)cc2Br)sc2c1CCCCC2. The Kier molecular flexibility index (Phi) is 7.22. The van der Waals surface area contributed by atoms with Gasteiger partial charge in [-0.1, -0.05) is 24.6 Å². The lowest BCUT2D eigenvalue weighted by atomic mass is 10.1. The average Bonchev–Trinajstić information content (AvgIpc) is 3.18. The molecule has 168 valence electrons. The zero-order valence-corrected chi connectivity index (χ0v) is 20.6. The fraction of sp³-hybridized carbons (Fsp3) is 0.318. The van der Waals surface area contributed by atoms with Gasteiger partial charge in [-0.15, -0.1) is 11.3 Å². The van der Waals surface area contributed by atoms with E-state index in [0.717, 1.165) is 37.7 Å². The number of rotatable bonds is 5. The van der Waals surface area contributed by atoms with Gasteiger partial charge in [0.05, 0.1) is 23.7 Å². The monoisotopic (exact) mass is 536 g/mol. The second-order valence-electron chi connectivity index (χ2n) is 7.45. The summed E-state index contributed by atoms with van der Waals surface area (Å²) in [5.74, 6) is -0.139. The predicted octanol–water partition coefficient (Wildman–Crippen LogP) is 5.76. The number of carbonyl (C=O) groups is 1. The van der Waals surface area contributed by atoms with Crippen LogP contribution in [0.15, 0.2) is 34.9 Å². The first-order chi connectivity index (χ1) is 15.5. The van der Waals surface area contributed by atoms with Gasteiger partial charge in [0.2, 0.25) is 0 Å². The normalized spacial score (nSPS) is 13.2. The van der Waals surface area contributed by atoms with Gasteiger partial charge in [-0.3, -0.25) is 4.68 Å². The van der Waals surface area contributed by atoms with E-state index in [-0.39, 0.29) is 18.3 Å². The molecular weight excluding hydrogens is 515 g/mol. The molecule has 10 heteroatoms. The minimum absolute atomic E-state index is 0.279. The minimum Gasteiger partial charge on any atom is -0.465 e. The summed E-state index contributed by atoms with van der Waals surface area (Å²) in [6.45, 7) is 0.289. The topological polar surface area (TPSA) is 68.2 Å². The largest absolute Gasteiger partial charge is 0.465 e. The van der Waals surface area contributed by atoms with Crippen molar-refractivity contribution in [2.24, 2.45) is 0 Å². The number of carbonyl (C=O) groups excluding carboxylic acids is 1. The average molecular weight is 537 g/mol. The molecule has 0 radical (unpaired) electrons. The van der Waals surface area contributed by atoms with Crippen LogP contribution < -0.4 is 10.6 Å². The van der Waals surface area contributed by atoms with Gasteiger partial charge in [0.15, 0.2) is 10.9 Å². The highest BCUT2D eigenvalue weighted by molar-refractivity contribution is 9.10. The molecule has 32 heavy (non-hydrogen) atoms. The van der Waals surface area contributed by atoms with E-state index in [0.29, 0.717) is 31.5 Å². The summed E-state index contributed by atoms with van der Waals surface area (Å²) < 4.78 is 21.3. The van der Waals surface area contributed by atoms with Crippen molar-refractivity contribution in [3.05, 3.63) is 62.3 Å². The number of nitrogens with one attached hydrogen (secondary N) is 2. The zero-order chi connectivity index (χ0) is 22.7. The third kappa shape index (κ3) is 5.02. The van der Waals surface area contributed by atoms with Crippen molar-refractivity contribution in [1.82, 2.24) is 9.78 Å². The van der Waals surface area contributed by atoms with Crippen LogP contribution in [-0.4, -0.2) is 28.0 Å². The number of anilines is 2. The van der Waals surface area contributed by atoms with Crippen LogP contribution in [0, 0.1) is 5.82 Å². The molecule has 2 heterocycles. The van der Waals surface area contributed by atoms with Crippen molar-refractivity contribution in [3.8, 4) is 0 Å². The second-order valence-corrected chi connectivity index (χ2v) is 9.82. The van der Waals surface area contributed by atoms with E-state index in [1.165, 1.54) is 18.1 Å². The van der Waals surface area contributed by atoms with Crippen LogP contribution in [0.4, 0.5) is 15.2 Å². The molecule has 1 aliphatic carbocycles. The highest BCUT2D eigenvalue weighted by Crippen LogP contribution is 2.38. The van der Waals surface area contributed by atoms with Crippen LogP contribution in [0.5, 0.6) is 0 Å². The lowest BCUT2D eigenvalue weighted by Gasteiger charge is -2.10. The van der Waals surface area contributed by atoms with Gasteiger partial charge < -0.3 is 15.4 Å². The molecule has 0 aliphatic heterocycles. The number of fused-ring (bicyclic) bond motifs is 1. The number of hydrogen-bond acceptors (Lipinski definition) is 5. The lowest BCUT2D eigenvalue weighted by molar-refractivity contribution is 0.0601. The first-order valence-corrected chi connectivity index (χ1v) is 12.2. The molecular formula is C22H22BrFN4O2S2. The number of halogens is 2. The molecule has 0 atom stereocenters. The number of hydrogen-bond donors (Lipinski definition) is 2. The first kappa shape index (κ1) is 22.9. The molecule has 1 aromatic carbocycles. The number of benzene rings is 1. The number of thiophene rings is 1. The molecule has 0 saturated carbocycles. The summed E-state index contributed by atoms with van der Waals surface area (Å²) in [6, 6.07) is 6.59. The van der Waals surface area contributed by atoms with Gasteiger partial charge >= 0.3 is 5.97 Å². The fourth-order valence-corrected chi connectivity index (χ4v) is 5.71. The van der Waals surface area contributed by atoms with Crippen LogP contribution in [-0.2, 0) is 24.1 Å². The third-order valence-electron chi connectivity index (χ3n) is 5.28. The van der Waals surface area contributed by atoms with E-state index in [2.05, 4.69) is 31.7 Å². The predicted molar refractivity (Wildman–Crippen MR) is 132 cm³/mol. The molecule has 3 aromatic rings. The molecule has 6 nitrogen and oxygen atoms in total. The fourth-order valence-electron chi connectivity index (χ4n) is 3.75. The van der Waals surface area contributed by atoms with Gasteiger partial charge in [0, 0.05) is 16.6 Å². The Morgan fingerprint density at radius 2 is 2.06 bits per heavy atom. The van der Waals surface area contributed by atoms with Crippen molar-refractivity contribution in [2.75, 3.05) is 17.7 Å². The minimum atomic E-state index is -0.356. The van der Waals surface area contributed by atoms with E-state index in [9.17, 15) is 9.18 Å². The number of ether oxygens (including phenoxy) is 1. The number of nitrogens with zero attached hydrogens (tertiary/aromatic N) is 2. The Labute approximate surface area is 203 Å². The molecule has 0 bridgehead atoms. The molecule has 1 aliphatic rings. The third-order valence-corrected chi connectivity index (χ3v) is 7.27. The Morgan fingerprint density at radius 1 is 1.28 bits per heavy atom. The Morgan fingerprint density at radius 3 is 2.84 bits per heavy atom. The van der Waals surface area contributed by atoms with Crippen LogP contribution in [0.1, 0.15) is 45.6 Å². The molecule has 0 saturated heterocycles. The van der Waals surface area contributed by atoms with Crippen molar-refractivity contribution in [1.29, 1.82) is 0 Å². The molecule has 2 N–H and O–H groups in total. The summed E-state index contributed by atoms with van der Waals surface area (Å²) in [5.41, 5.74) is 2.18. The smallest absolute Gasteiger partial charge is 0.341 e. The summed E-state index contributed by atoms with van der Waals surface area (Å²) in [5, 5.41) is 11.7. The summed E-state index contributed by atoms with van der Waals surface area (Å²) in [4.78, 5) is 13.7.